The first-order valence-corrected chi connectivity index (χ1v) is 28.1. The van der Waals surface area contributed by atoms with Gasteiger partial charge in [-0.25, -0.2) is 32.5 Å². The van der Waals surface area contributed by atoms with Gasteiger partial charge in [-0.15, -0.1) is 0 Å². The molecule has 3 aromatic carbocycles. The number of allylic oxidation sites excluding steroid dienone is 2. The number of nitrogens with zero attached hydrogens (tertiary/aromatic N) is 5. The van der Waals surface area contributed by atoms with Gasteiger partial charge >= 0.3 is 12.2 Å². The highest BCUT2D eigenvalue weighted by molar-refractivity contribution is 7.89. The summed E-state index contributed by atoms with van der Waals surface area (Å²) in [6.45, 7) is 13.4. The van der Waals surface area contributed by atoms with Gasteiger partial charge in [0.2, 0.25) is 10.0 Å². The molecule has 5 aliphatic heterocycles. The maximum atomic E-state index is 14.7. The number of aromatic nitrogens is 1. The molecule has 0 saturated carbocycles. The zero-order valence-corrected chi connectivity index (χ0v) is 47.2. The molecule has 1 aromatic heterocycles. The molecule has 4 aromatic rings. The molecule has 5 atom stereocenters. The Labute approximate surface area is 476 Å². The molecule has 82 heavy (non-hydrogen) atoms. The molecule has 6 heterocycles. The molecule has 4 amide bonds. The van der Waals surface area contributed by atoms with Crippen molar-refractivity contribution in [3.63, 3.8) is 0 Å². The van der Waals surface area contributed by atoms with Gasteiger partial charge in [-0.3, -0.25) is 14.6 Å². The Morgan fingerprint density at radius 1 is 0.817 bits per heavy atom. The highest BCUT2D eigenvalue weighted by atomic mass is 32.2. The van der Waals surface area contributed by atoms with Gasteiger partial charge in [-0.05, 0) is 99.2 Å². The highest BCUT2D eigenvalue weighted by Crippen LogP contribution is 2.45. The Morgan fingerprint density at radius 3 is 2.21 bits per heavy atom. The molecule has 21 nitrogen and oxygen atoms in total. The van der Waals surface area contributed by atoms with Crippen LogP contribution < -0.4 is 24.0 Å². The van der Waals surface area contributed by atoms with E-state index in [4.69, 9.17) is 47.6 Å². The number of anilines is 2. The molecule has 5 aliphatic rings. The van der Waals surface area contributed by atoms with E-state index in [2.05, 4.69) is 24.5 Å². The number of amides is 4. The molecule has 2 saturated heterocycles. The van der Waals surface area contributed by atoms with Crippen molar-refractivity contribution in [2.75, 3.05) is 64.5 Å². The van der Waals surface area contributed by atoms with Crippen molar-refractivity contribution in [1.29, 1.82) is 0 Å². The fraction of sp³-hybridized carbons (Fsp3) is 0.350. The fourth-order valence-electron chi connectivity index (χ4n) is 10.5. The van der Waals surface area contributed by atoms with E-state index in [1.165, 1.54) is 80.7 Å². The Hall–Kier alpha value is -8.28. The predicted octanol–water partition coefficient (Wildman–Crippen LogP) is 8.29. The Balaban J connectivity index is 0.988. The number of nitrogens with one attached hydrogen (secondary N) is 1. The van der Waals surface area contributed by atoms with E-state index in [1.54, 1.807) is 47.1 Å². The van der Waals surface area contributed by atoms with Crippen molar-refractivity contribution in [3.8, 4) is 11.5 Å². The molecule has 2 fully saturated rings. The van der Waals surface area contributed by atoms with Crippen LogP contribution in [0.25, 0.3) is 5.57 Å². The summed E-state index contributed by atoms with van der Waals surface area (Å²) in [5.74, 6) is -0.0854. The Kier molecular flexibility index (Phi) is 18.3. The van der Waals surface area contributed by atoms with Gasteiger partial charge < -0.3 is 52.4 Å². The first kappa shape index (κ1) is 58.4. The number of benzene rings is 3. The summed E-state index contributed by atoms with van der Waals surface area (Å²) in [6, 6.07) is 20.8. The molecule has 4 unspecified atom stereocenters. The number of methoxy groups -OCH3 is 3. The zero-order valence-electron chi connectivity index (χ0n) is 46.4. The van der Waals surface area contributed by atoms with Crippen molar-refractivity contribution in [3.05, 3.63) is 174 Å². The lowest BCUT2D eigenvalue weighted by molar-refractivity contribution is -0.214. The van der Waals surface area contributed by atoms with Crippen LogP contribution in [-0.4, -0.2) is 133 Å². The molecule has 0 bridgehead atoms. The van der Waals surface area contributed by atoms with Crippen molar-refractivity contribution in [2.45, 2.75) is 88.0 Å². The maximum absolute atomic E-state index is 14.7. The van der Waals surface area contributed by atoms with Gasteiger partial charge in [0.1, 0.15) is 32.2 Å². The second kappa shape index (κ2) is 25.7. The normalized spacial score (nSPS) is 21.4. The summed E-state index contributed by atoms with van der Waals surface area (Å²) in [6.07, 6.45) is 4.65. The molecule has 432 valence electrons. The minimum Gasteiger partial charge on any atom is -0.498 e. The third-order valence-electron chi connectivity index (χ3n) is 14.7. The van der Waals surface area contributed by atoms with E-state index in [1.807, 2.05) is 30.3 Å². The molecule has 0 spiro atoms. The van der Waals surface area contributed by atoms with Crippen LogP contribution >= 0.6 is 0 Å². The number of rotatable bonds is 19. The van der Waals surface area contributed by atoms with Crippen LogP contribution in [0, 0.1) is 0 Å². The van der Waals surface area contributed by atoms with Crippen LogP contribution in [0.4, 0.5) is 21.0 Å². The van der Waals surface area contributed by atoms with Crippen LogP contribution in [0.15, 0.2) is 151 Å². The SMILES string of the molecule is C=CCOC(=O)N1/C(=C/C(OCc2cccc(COc3cc4c(cc3OC)C(=O)N3CC=C(c5ccc(S(=O)(=O)NC)cc5)CC3C(OC)N4C(=O)OCC=C)n2)=C(\C)OC)C(=C)C(=O)N2c3ccccc3C[C@H]2C1OC1CCCCO1. The number of hydrogen-bond acceptors (Lipinski definition) is 16. The number of pyridine rings is 1. The van der Waals surface area contributed by atoms with Crippen LogP contribution in [0.3, 0.4) is 0 Å². The van der Waals surface area contributed by atoms with Crippen molar-refractivity contribution < 1.29 is 70.2 Å². The number of ether oxygens (including phenoxy) is 9. The largest absolute Gasteiger partial charge is 0.498 e. The van der Waals surface area contributed by atoms with E-state index in [-0.39, 0.29) is 84.1 Å². The third kappa shape index (κ3) is 12.0. The highest BCUT2D eigenvalue weighted by Gasteiger charge is 2.51. The molecule has 22 heteroatoms. The number of para-hydroxylation sites is 1. The van der Waals surface area contributed by atoms with Gasteiger partial charge in [0, 0.05) is 38.1 Å². The average molecular weight is 1140 g/mol. The number of hydrogen-bond donors (Lipinski definition) is 1. The minimum atomic E-state index is -3.68. The monoisotopic (exact) mass is 1140 g/mol. The predicted molar refractivity (Wildman–Crippen MR) is 301 cm³/mol. The maximum Gasteiger partial charge on any atom is 0.416 e. The first-order valence-electron chi connectivity index (χ1n) is 26.6. The number of carbonyl (C=O) groups is 4. The zero-order chi connectivity index (χ0) is 58.2. The topological polar surface area (TPSA) is 223 Å². The number of carbonyl (C=O) groups excluding carboxylic acids is 4. The molecule has 9 rings (SSSR count). The van der Waals surface area contributed by atoms with E-state index >= 15 is 0 Å². The summed E-state index contributed by atoms with van der Waals surface area (Å²) >= 11 is 0. The van der Waals surface area contributed by atoms with E-state index in [0.29, 0.717) is 42.3 Å². The summed E-state index contributed by atoms with van der Waals surface area (Å²) < 4.78 is 81.9. The summed E-state index contributed by atoms with van der Waals surface area (Å²) in [4.78, 5) is 68.8. The summed E-state index contributed by atoms with van der Waals surface area (Å²) in [5, 5.41) is 0. The molecular formula is C60H66N6O15S. The van der Waals surface area contributed by atoms with Crippen LogP contribution in [0.5, 0.6) is 11.5 Å². The lowest BCUT2D eigenvalue weighted by Crippen LogP contribution is -2.55. The lowest BCUT2D eigenvalue weighted by Gasteiger charge is -2.40. The van der Waals surface area contributed by atoms with Gasteiger partial charge in [0.05, 0.1) is 65.1 Å². The fourth-order valence-corrected chi connectivity index (χ4v) is 11.3. The number of fused-ring (bicyclic) bond motifs is 5. The standard InChI is InChI=1S/C60H66N6O15S/c1-9-27-77-59(69)65-47(37(3)55(67)64-46-19-12-11-16-41(46)31-50(64)58(65)81-54-20-13-14-29-76-54)33-51(38(4)73-6)79-35-42-17-15-18-43(62-42)36-80-53-34-48-45(32-52(53)74-7)56(68)63-26-25-40(39-21-23-44(24-22-39)82(71,72)61-5)30-49(63)57(75-8)66(48)60(70)78-28-10-2/h9-12,15-19,21-25,32-34,49-50,54,57-58,61H,1-3,13-14,20,26-31,35-36H2,4-8H3/b47-33+,51-38-/t49?,50-,54?,57?,58?/m0/s1. The first-order chi connectivity index (χ1) is 39.6. The van der Waals surface area contributed by atoms with Gasteiger partial charge in [-0.2, -0.15) is 0 Å². The summed E-state index contributed by atoms with van der Waals surface area (Å²) in [7, 11) is 1.98. The van der Waals surface area contributed by atoms with Crippen molar-refractivity contribution in [1.82, 2.24) is 19.5 Å². The van der Waals surface area contributed by atoms with Gasteiger partial charge in [0.15, 0.2) is 36.0 Å². The molecule has 0 aliphatic carbocycles. The smallest absolute Gasteiger partial charge is 0.416 e. The minimum absolute atomic E-state index is 0.0333. The van der Waals surface area contributed by atoms with Crippen LogP contribution in [0.1, 0.15) is 65.5 Å². The van der Waals surface area contributed by atoms with E-state index in [0.717, 1.165) is 29.5 Å². The van der Waals surface area contributed by atoms with Gasteiger partial charge in [-0.1, -0.05) is 74.4 Å². The third-order valence-corrected chi connectivity index (χ3v) is 16.1. The van der Waals surface area contributed by atoms with E-state index in [9.17, 15) is 27.6 Å². The Bertz CT molecular complexity index is 3340. The molecule has 1 N–H and O–H groups in total. The quantitative estimate of drug-likeness (QED) is 0.0530. The lowest BCUT2D eigenvalue weighted by atomic mass is 9.93. The van der Waals surface area contributed by atoms with Crippen LogP contribution in [0.2, 0.25) is 0 Å². The van der Waals surface area contributed by atoms with Gasteiger partial charge in [0.25, 0.3) is 11.8 Å². The second-order valence-corrected chi connectivity index (χ2v) is 21.4. The molecule has 0 radical (unpaired) electrons. The molecular weight excluding hydrogens is 1080 g/mol. The second-order valence-electron chi connectivity index (χ2n) is 19.5. The average Bonchev–Trinajstić information content (AvgIpc) is 2.92. The van der Waals surface area contributed by atoms with Crippen LogP contribution in [-0.2, 0) is 67.6 Å². The number of sulfonamides is 1. The van der Waals surface area contributed by atoms with E-state index < -0.39 is 64.9 Å². The van der Waals surface area contributed by atoms with Crippen molar-refractivity contribution >= 4 is 51.0 Å². The summed E-state index contributed by atoms with van der Waals surface area (Å²) in [5.41, 5.74) is 4.28. The Morgan fingerprint density at radius 2 is 1.54 bits per heavy atom. The van der Waals surface area contributed by atoms with Crippen molar-refractivity contribution in [2.24, 2.45) is 0 Å².